The Labute approximate surface area is 278 Å². The van der Waals surface area contributed by atoms with Gasteiger partial charge in [-0.05, 0) is 124 Å². The molecule has 1 amide bonds. The summed E-state index contributed by atoms with van der Waals surface area (Å²) in [7, 11) is 0. The number of aryl methyl sites for hydroxylation is 2. The van der Waals surface area contributed by atoms with E-state index in [-0.39, 0.29) is 17.4 Å². The highest BCUT2D eigenvalue weighted by Gasteiger charge is 2.16. The van der Waals surface area contributed by atoms with Crippen molar-refractivity contribution in [3.8, 4) is 22.6 Å². The molecule has 0 aliphatic rings. The van der Waals surface area contributed by atoms with Gasteiger partial charge in [-0.15, -0.1) is 0 Å². The molecule has 0 aliphatic heterocycles. The molecule has 0 saturated heterocycles. The second kappa shape index (κ2) is 15.3. The van der Waals surface area contributed by atoms with Gasteiger partial charge in [0.2, 0.25) is 0 Å². The number of carbonyl (C=O) groups excluding carboxylic acids is 1. The third-order valence-electron chi connectivity index (χ3n) is 9.04. The van der Waals surface area contributed by atoms with Crippen LogP contribution in [0, 0.1) is 19.8 Å². The van der Waals surface area contributed by atoms with Crippen LogP contribution in [0.5, 0.6) is 11.5 Å². The average Bonchev–Trinajstić information content (AvgIpc) is 3.28. The van der Waals surface area contributed by atoms with Crippen LogP contribution >= 0.6 is 0 Å². The number of nitrogens with zero attached hydrogens (tertiary/aromatic N) is 3. The summed E-state index contributed by atoms with van der Waals surface area (Å²) in [6.45, 7) is 15.8. The molecular formula is C40H48N4O3. The molecule has 3 aromatic carbocycles. The van der Waals surface area contributed by atoms with E-state index >= 15 is 0 Å². The fourth-order valence-electron chi connectivity index (χ4n) is 6.40. The van der Waals surface area contributed by atoms with E-state index in [4.69, 9.17) is 0 Å². The Morgan fingerprint density at radius 1 is 0.915 bits per heavy atom. The van der Waals surface area contributed by atoms with Crippen LogP contribution in [0.1, 0.15) is 72.8 Å². The first kappa shape index (κ1) is 33.7. The van der Waals surface area contributed by atoms with Crippen LogP contribution in [0.25, 0.3) is 22.0 Å². The standard InChI is InChI=1S/C40H48N4O3/c1-6-18-43(21-15-27(2)3)19-8-20-44-29(5)28(4)35-24-31(11-12-36(35)44)22-30-9-7-10-33(23-30)40(47)42-34-25-37(45)39(38(46)26-34)32-13-16-41-17-14-32/h7,9-14,16-17,23-27,45-46H,6,8,15,18-22H2,1-5H3,(H,42,47). The number of nitrogens with one attached hydrogen (secondary N) is 1. The third kappa shape index (κ3) is 8.22. The number of benzene rings is 3. The van der Waals surface area contributed by atoms with Gasteiger partial charge in [0, 0.05) is 58.9 Å². The van der Waals surface area contributed by atoms with Gasteiger partial charge < -0.3 is 25.0 Å². The number of anilines is 1. The fraction of sp³-hybridized carbons (Fsp3) is 0.350. The number of aromatic nitrogens is 2. The quantitative estimate of drug-likeness (QED) is 0.114. The normalized spacial score (nSPS) is 11.6. The molecule has 3 N–H and O–H groups in total. The number of aromatic hydroxyl groups is 2. The number of hydrogen-bond acceptors (Lipinski definition) is 5. The van der Waals surface area contributed by atoms with Crippen molar-refractivity contribution in [2.75, 3.05) is 25.0 Å². The van der Waals surface area contributed by atoms with Gasteiger partial charge in [0.15, 0.2) is 0 Å². The Balaban J connectivity index is 1.26. The predicted molar refractivity (Wildman–Crippen MR) is 192 cm³/mol. The first-order valence-electron chi connectivity index (χ1n) is 16.8. The van der Waals surface area contributed by atoms with Gasteiger partial charge in [-0.1, -0.05) is 39.0 Å². The summed E-state index contributed by atoms with van der Waals surface area (Å²) < 4.78 is 2.48. The van der Waals surface area contributed by atoms with Crippen LogP contribution in [-0.2, 0) is 13.0 Å². The van der Waals surface area contributed by atoms with Crippen molar-refractivity contribution in [3.05, 3.63) is 107 Å². The van der Waals surface area contributed by atoms with Crippen LogP contribution in [0.4, 0.5) is 5.69 Å². The van der Waals surface area contributed by atoms with Crippen LogP contribution < -0.4 is 5.32 Å². The first-order chi connectivity index (χ1) is 22.6. The van der Waals surface area contributed by atoms with E-state index in [2.05, 4.69) is 72.6 Å². The molecule has 2 heterocycles. The number of amides is 1. The van der Waals surface area contributed by atoms with Crippen molar-refractivity contribution < 1.29 is 15.0 Å². The van der Waals surface area contributed by atoms with Crippen molar-refractivity contribution >= 4 is 22.5 Å². The molecule has 7 heteroatoms. The number of phenolic OH excluding ortho intramolecular Hbond substituents is 2. The Hall–Kier alpha value is -4.62. The SMILES string of the molecule is CCCN(CCCn1c(C)c(C)c2cc(Cc3cccc(C(=O)Nc4cc(O)c(-c5ccncc5)c(O)c4)c3)ccc21)CCC(C)C. The molecule has 0 saturated carbocycles. The summed E-state index contributed by atoms with van der Waals surface area (Å²) >= 11 is 0. The zero-order chi connectivity index (χ0) is 33.5. The lowest BCUT2D eigenvalue weighted by molar-refractivity contribution is 0.102. The van der Waals surface area contributed by atoms with Gasteiger partial charge in [0.25, 0.3) is 5.91 Å². The van der Waals surface area contributed by atoms with Crippen LogP contribution in [0.3, 0.4) is 0 Å². The maximum Gasteiger partial charge on any atom is 0.255 e. The minimum atomic E-state index is -0.317. The Morgan fingerprint density at radius 2 is 1.64 bits per heavy atom. The topological polar surface area (TPSA) is 90.6 Å². The summed E-state index contributed by atoms with van der Waals surface area (Å²) in [6.07, 6.45) is 7.45. The van der Waals surface area contributed by atoms with Crippen molar-refractivity contribution in [1.82, 2.24) is 14.5 Å². The number of hydrogen-bond donors (Lipinski definition) is 3. The highest BCUT2D eigenvalue weighted by atomic mass is 16.3. The molecule has 0 bridgehead atoms. The molecule has 5 aromatic rings. The molecule has 0 spiro atoms. The van der Waals surface area contributed by atoms with E-state index in [1.165, 1.54) is 59.2 Å². The van der Waals surface area contributed by atoms with E-state index < -0.39 is 0 Å². The zero-order valence-electron chi connectivity index (χ0n) is 28.4. The number of phenols is 2. The van der Waals surface area contributed by atoms with Crippen molar-refractivity contribution in [2.45, 2.75) is 66.8 Å². The van der Waals surface area contributed by atoms with E-state index in [0.717, 1.165) is 37.5 Å². The largest absolute Gasteiger partial charge is 0.507 e. The lowest BCUT2D eigenvalue weighted by Gasteiger charge is -2.23. The minimum absolute atomic E-state index is 0.130. The molecule has 47 heavy (non-hydrogen) atoms. The summed E-state index contributed by atoms with van der Waals surface area (Å²) in [4.78, 5) is 19.8. The van der Waals surface area contributed by atoms with Gasteiger partial charge >= 0.3 is 0 Å². The van der Waals surface area contributed by atoms with Crippen molar-refractivity contribution in [2.24, 2.45) is 5.92 Å². The summed E-state index contributed by atoms with van der Waals surface area (Å²) in [6, 6.07) is 20.6. The van der Waals surface area contributed by atoms with Crippen LogP contribution in [0.2, 0.25) is 0 Å². The van der Waals surface area contributed by atoms with Crippen molar-refractivity contribution in [1.29, 1.82) is 0 Å². The minimum Gasteiger partial charge on any atom is -0.507 e. The molecule has 0 aliphatic carbocycles. The average molecular weight is 633 g/mol. The maximum atomic E-state index is 13.2. The number of fused-ring (bicyclic) bond motifs is 1. The Bertz CT molecular complexity index is 1800. The second-order valence-electron chi connectivity index (χ2n) is 13.0. The molecule has 0 fully saturated rings. The second-order valence-corrected chi connectivity index (χ2v) is 13.0. The zero-order valence-corrected chi connectivity index (χ0v) is 28.4. The third-order valence-corrected chi connectivity index (χ3v) is 9.04. The molecule has 7 nitrogen and oxygen atoms in total. The van der Waals surface area contributed by atoms with Gasteiger partial charge in [0.1, 0.15) is 11.5 Å². The molecular weight excluding hydrogens is 584 g/mol. The van der Waals surface area contributed by atoms with E-state index in [1.807, 2.05) is 18.2 Å². The first-order valence-corrected chi connectivity index (χ1v) is 16.8. The molecule has 0 atom stereocenters. The van der Waals surface area contributed by atoms with E-state index in [9.17, 15) is 15.0 Å². The fourth-order valence-corrected chi connectivity index (χ4v) is 6.40. The lowest BCUT2D eigenvalue weighted by Crippen LogP contribution is -2.28. The van der Waals surface area contributed by atoms with Crippen molar-refractivity contribution in [3.63, 3.8) is 0 Å². The lowest BCUT2D eigenvalue weighted by atomic mass is 10.0. The summed E-state index contributed by atoms with van der Waals surface area (Å²) in [5, 5.41) is 25.3. The smallest absolute Gasteiger partial charge is 0.255 e. The van der Waals surface area contributed by atoms with Crippen LogP contribution in [-0.4, -0.2) is 50.2 Å². The van der Waals surface area contributed by atoms with Crippen LogP contribution in [0.15, 0.2) is 79.1 Å². The van der Waals surface area contributed by atoms with Gasteiger partial charge in [-0.25, -0.2) is 0 Å². The number of carbonyl (C=O) groups is 1. The monoisotopic (exact) mass is 632 g/mol. The van der Waals surface area contributed by atoms with E-state index in [1.54, 1.807) is 30.6 Å². The highest BCUT2D eigenvalue weighted by Crippen LogP contribution is 2.39. The molecule has 5 rings (SSSR count). The summed E-state index contributed by atoms with van der Waals surface area (Å²) in [5.41, 5.74) is 7.89. The highest BCUT2D eigenvalue weighted by molar-refractivity contribution is 6.05. The number of pyridine rings is 1. The van der Waals surface area contributed by atoms with Gasteiger partial charge in [-0.3, -0.25) is 9.78 Å². The Morgan fingerprint density at radius 3 is 2.34 bits per heavy atom. The van der Waals surface area contributed by atoms with Gasteiger partial charge in [-0.2, -0.15) is 0 Å². The summed E-state index contributed by atoms with van der Waals surface area (Å²) in [5.74, 6) is 0.155. The molecule has 0 radical (unpaired) electrons. The van der Waals surface area contributed by atoms with Gasteiger partial charge in [0.05, 0.1) is 5.56 Å². The molecule has 0 unspecified atom stereocenters. The predicted octanol–water partition coefficient (Wildman–Crippen LogP) is 8.72. The number of rotatable bonds is 14. The Kier molecular flexibility index (Phi) is 11.0. The molecule has 2 aromatic heterocycles. The molecule has 246 valence electrons. The maximum absolute atomic E-state index is 13.2. The van der Waals surface area contributed by atoms with E-state index in [0.29, 0.717) is 28.8 Å².